The SMILES string of the molecule is O=C(O)Cc1c[nH]c2ccc(-c3ccc(C(F)(F)F)cc3)cc12. The number of benzene rings is 2. The van der Waals surface area contributed by atoms with E-state index in [9.17, 15) is 18.0 Å². The van der Waals surface area contributed by atoms with E-state index in [2.05, 4.69) is 4.98 Å². The minimum absolute atomic E-state index is 0.115. The number of H-pyrrole nitrogens is 1. The Morgan fingerprint density at radius 1 is 1.04 bits per heavy atom. The van der Waals surface area contributed by atoms with E-state index in [1.54, 1.807) is 24.4 Å². The van der Waals surface area contributed by atoms with Crippen LogP contribution in [0.5, 0.6) is 0 Å². The fraction of sp³-hybridized carbons (Fsp3) is 0.118. The maximum absolute atomic E-state index is 12.6. The molecule has 0 atom stereocenters. The van der Waals surface area contributed by atoms with Gasteiger partial charge in [0.1, 0.15) is 0 Å². The van der Waals surface area contributed by atoms with E-state index in [4.69, 9.17) is 5.11 Å². The highest BCUT2D eigenvalue weighted by Crippen LogP contribution is 2.32. The van der Waals surface area contributed by atoms with Crippen molar-refractivity contribution < 1.29 is 23.1 Å². The molecule has 2 aromatic carbocycles. The number of nitrogens with one attached hydrogen (secondary N) is 1. The lowest BCUT2D eigenvalue weighted by atomic mass is 10.0. The van der Waals surface area contributed by atoms with Crippen molar-refractivity contribution in [1.82, 2.24) is 4.98 Å². The summed E-state index contributed by atoms with van der Waals surface area (Å²) >= 11 is 0. The highest BCUT2D eigenvalue weighted by molar-refractivity contribution is 5.90. The first-order valence-electron chi connectivity index (χ1n) is 6.84. The zero-order valence-electron chi connectivity index (χ0n) is 11.8. The predicted molar refractivity (Wildman–Crippen MR) is 80.1 cm³/mol. The lowest BCUT2D eigenvalue weighted by Gasteiger charge is -2.08. The van der Waals surface area contributed by atoms with Crippen molar-refractivity contribution in [3.8, 4) is 11.1 Å². The van der Waals surface area contributed by atoms with Gasteiger partial charge in [0.2, 0.25) is 0 Å². The lowest BCUT2D eigenvalue weighted by molar-refractivity contribution is -0.138. The molecule has 0 saturated carbocycles. The molecule has 0 aliphatic carbocycles. The summed E-state index contributed by atoms with van der Waals surface area (Å²) < 4.78 is 37.8. The molecule has 3 nitrogen and oxygen atoms in total. The van der Waals surface area contributed by atoms with Crippen LogP contribution in [0.1, 0.15) is 11.1 Å². The van der Waals surface area contributed by atoms with Crippen LogP contribution in [0.25, 0.3) is 22.0 Å². The summed E-state index contributed by atoms with van der Waals surface area (Å²) in [6.07, 6.45) is -2.84. The highest BCUT2D eigenvalue weighted by atomic mass is 19.4. The zero-order chi connectivity index (χ0) is 16.6. The second kappa shape index (κ2) is 5.46. The molecule has 3 rings (SSSR count). The number of halogens is 3. The number of aromatic amines is 1. The van der Waals surface area contributed by atoms with Crippen molar-refractivity contribution in [2.45, 2.75) is 12.6 Å². The summed E-state index contributed by atoms with van der Waals surface area (Å²) in [6, 6.07) is 10.2. The largest absolute Gasteiger partial charge is 0.481 e. The van der Waals surface area contributed by atoms with Gasteiger partial charge in [-0.2, -0.15) is 13.2 Å². The molecule has 0 amide bonds. The number of hydrogen-bond donors (Lipinski definition) is 2. The van der Waals surface area contributed by atoms with Crippen LogP contribution in [0, 0.1) is 0 Å². The van der Waals surface area contributed by atoms with E-state index in [0.29, 0.717) is 11.1 Å². The van der Waals surface area contributed by atoms with Crippen molar-refractivity contribution in [2.75, 3.05) is 0 Å². The minimum atomic E-state index is -4.36. The molecule has 23 heavy (non-hydrogen) atoms. The van der Waals surface area contributed by atoms with E-state index < -0.39 is 17.7 Å². The van der Waals surface area contributed by atoms with E-state index in [1.807, 2.05) is 0 Å². The van der Waals surface area contributed by atoms with Gasteiger partial charge >= 0.3 is 12.1 Å². The molecule has 6 heteroatoms. The Kier molecular flexibility index (Phi) is 3.60. The Labute approximate surface area is 129 Å². The Balaban J connectivity index is 2.01. The highest BCUT2D eigenvalue weighted by Gasteiger charge is 2.29. The van der Waals surface area contributed by atoms with E-state index in [-0.39, 0.29) is 6.42 Å². The molecule has 0 radical (unpaired) electrons. The van der Waals surface area contributed by atoms with Crippen LogP contribution >= 0.6 is 0 Å². The van der Waals surface area contributed by atoms with Crippen LogP contribution in [0.4, 0.5) is 13.2 Å². The van der Waals surface area contributed by atoms with Gasteiger partial charge in [-0.1, -0.05) is 18.2 Å². The minimum Gasteiger partial charge on any atom is -0.481 e. The number of aromatic nitrogens is 1. The third-order valence-electron chi connectivity index (χ3n) is 3.65. The van der Waals surface area contributed by atoms with Gasteiger partial charge in [0, 0.05) is 17.1 Å². The molecule has 2 N–H and O–H groups in total. The van der Waals surface area contributed by atoms with Crippen molar-refractivity contribution in [3.63, 3.8) is 0 Å². The fourth-order valence-corrected chi connectivity index (χ4v) is 2.52. The molecule has 1 heterocycles. The van der Waals surface area contributed by atoms with Crippen LogP contribution in [0.2, 0.25) is 0 Å². The lowest BCUT2D eigenvalue weighted by Crippen LogP contribution is -2.03. The van der Waals surface area contributed by atoms with Crippen LogP contribution in [-0.2, 0) is 17.4 Å². The maximum atomic E-state index is 12.6. The number of carbonyl (C=O) groups is 1. The van der Waals surface area contributed by atoms with Crippen molar-refractivity contribution in [2.24, 2.45) is 0 Å². The van der Waals surface area contributed by atoms with Gasteiger partial charge in [0.05, 0.1) is 12.0 Å². The summed E-state index contributed by atoms with van der Waals surface area (Å²) in [5.41, 5.74) is 2.11. The normalized spacial score (nSPS) is 11.8. The van der Waals surface area contributed by atoms with Gasteiger partial charge in [0.25, 0.3) is 0 Å². The molecular weight excluding hydrogens is 307 g/mol. The first kappa shape index (κ1) is 15.1. The van der Waals surface area contributed by atoms with E-state index in [0.717, 1.165) is 28.6 Å². The number of fused-ring (bicyclic) bond motifs is 1. The molecule has 3 aromatic rings. The molecule has 0 aliphatic heterocycles. The second-order valence-corrected chi connectivity index (χ2v) is 5.22. The van der Waals surface area contributed by atoms with Gasteiger partial charge < -0.3 is 10.1 Å². The van der Waals surface area contributed by atoms with Crippen LogP contribution in [0.15, 0.2) is 48.7 Å². The third-order valence-corrected chi connectivity index (χ3v) is 3.65. The summed E-state index contributed by atoms with van der Waals surface area (Å²) in [7, 11) is 0. The predicted octanol–water partition coefficient (Wildman–Crippen LogP) is 4.48. The van der Waals surface area contributed by atoms with Gasteiger partial charge in [-0.05, 0) is 41.0 Å². The Morgan fingerprint density at radius 3 is 2.30 bits per heavy atom. The van der Waals surface area contributed by atoms with Crippen molar-refractivity contribution >= 4 is 16.9 Å². The molecule has 0 fully saturated rings. The maximum Gasteiger partial charge on any atom is 0.416 e. The van der Waals surface area contributed by atoms with Crippen molar-refractivity contribution in [3.05, 3.63) is 59.8 Å². The Morgan fingerprint density at radius 2 is 1.70 bits per heavy atom. The molecule has 0 spiro atoms. The van der Waals surface area contributed by atoms with Crippen LogP contribution in [-0.4, -0.2) is 16.1 Å². The summed E-state index contributed by atoms with van der Waals surface area (Å²) in [4.78, 5) is 13.9. The zero-order valence-corrected chi connectivity index (χ0v) is 11.8. The second-order valence-electron chi connectivity index (χ2n) is 5.22. The first-order valence-corrected chi connectivity index (χ1v) is 6.84. The Hall–Kier alpha value is -2.76. The van der Waals surface area contributed by atoms with E-state index in [1.165, 1.54) is 12.1 Å². The summed E-state index contributed by atoms with van der Waals surface area (Å²) in [5, 5.41) is 9.67. The molecule has 0 bridgehead atoms. The molecule has 0 saturated heterocycles. The smallest absolute Gasteiger partial charge is 0.416 e. The Bertz CT molecular complexity index is 864. The average Bonchev–Trinajstić information content (AvgIpc) is 2.88. The van der Waals surface area contributed by atoms with Crippen molar-refractivity contribution in [1.29, 1.82) is 0 Å². The average molecular weight is 319 g/mol. The number of rotatable bonds is 3. The fourth-order valence-electron chi connectivity index (χ4n) is 2.52. The number of alkyl halides is 3. The monoisotopic (exact) mass is 319 g/mol. The first-order chi connectivity index (χ1) is 10.8. The van der Waals surface area contributed by atoms with Gasteiger partial charge in [-0.15, -0.1) is 0 Å². The standard InChI is InChI=1S/C17H12F3NO2/c18-17(19,20)13-4-1-10(2-5-13)11-3-6-15-14(7-11)12(9-21-15)8-16(22)23/h1-7,9,21H,8H2,(H,22,23). The van der Waals surface area contributed by atoms with Crippen LogP contribution < -0.4 is 0 Å². The molecule has 1 aromatic heterocycles. The van der Waals surface area contributed by atoms with Crippen LogP contribution in [0.3, 0.4) is 0 Å². The van der Waals surface area contributed by atoms with E-state index >= 15 is 0 Å². The topological polar surface area (TPSA) is 53.1 Å². The number of aliphatic carboxylic acids is 1. The molecule has 0 unspecified atom stereocenters. The number of carboxylic acid groups (broad SMARTS) is 1. The molecule has 0 aliphatic rings. The quantitative estimate of drug-likeness (QED) is 0.748. The van der Waals surface area contributed by atoms with Gasteiger partial charge in [0.15, 0.2) is 0 Å². The van der Waals surface area contributed by atoms with Gasteiger partial charge in [-0.3, -0.25) is 4.79 Å². The number of carboxylic acids is 1. The number of hydrogen-bond acceptors (Lipinski definition) is 1. The van der Waals surface area contributed by atoms with Gasteiger partial charge in [-0.25, -0.2) is 0 Å². The third kappa shape index (κ3) is 3.06. The summed E-state index contributed by atoms with van der Waals surface area (Å²) in [5.74, 6) is -0.939. The molecular formula is C17H12F3NO2. The summed E-state index contributed by atoms with van der Waals surface area (Å²) in [6.45, 7) is 0. The molecule has 118 valence electrons.